The van der Waals surface area contributed by atoms with Crippen molar-refractivity contribution in [2.75, 3.05) is 0 Å². The van der Waals surface area contributed by atoms with Crippen molar-refractivity contribution in [3.8, 4) is 11.3 Å². The maximum absolute atomic E-state index is 11.1. The van der Waals surface area contributed by atoms with Gasteiger partial charge in [0.15, 0.2) is 11.3 Å². The van der Waals surface area contributed by atoms with Crippen LogP contribution in [-0.4, -0.2) is 30.4 Å². The zero-order valence-electron chi connectivity index (χ0n) is 10.5. The van der Waals surface area contributed by atoms with Gasteiger partial charge in [-0.15, -0.1) is 0 Å². The Bertz CT molecular complexity index is 871. The number of fused-ring (bicyclic) bond motifs is 1. The fourth-order valence-corrected chi connectivity index (χ4v) is 2.05. The number of carboxylic acids is 1. The van der Waals surface area contributed by atoms with Gasteiger partial charge in [-0.1, -0.05) is 12.1 Å². The Balaban J connectivity index is 2.26. The maximum Gasteiger partial charge on any atom is 0.358 e. The summed E-state index contributed by atoms with van der Waals surface area (Å²) in [6.07, 6.45) is 4.40. The molecule has 0 aliphatic heterocycles. The zero-order valence-corrected chi connectivity index (χ0v) is 10.5. The number of imidazole rings is 1. The molecule has 3 aromatic rings. The number of nitro groups is 1. The maximum atomic E-state index is 11.1. The summed E-state index contributed by atoms with van der Waals surface area (Å²) in [4.78, 5) is 29.6. The van der Waals surface area contributed by atoms with Crippen LogP contribution in [0.1, 0.15) is 10.5 Å². The lowest BCUT2D eigenvalue weighted by molar-refractivity contribution is -0.384. The summed E-state index contributed by atoms with van der Waals surface area (Å²) in [6, 6.07) is 6.15. The van der Waals surface area contributed by atoms with Gasteiger partial charge in [0.25, 0.3) is 5.69 Å². The Morgan fingerprint density at radius 2 is 2.10 bits per heavy atom. The van der Waals surface area contributed by atoms with Gasteiger partial charge in [0.05, 0.1) is 16.2 Å². The molecule has 0 aliphatic carbocycles. The second kappa shape index (κ2) is 4.67. The second-order valence-electron chi connectivity index (χ2n) is 4.21. The van der Waals surface area contributed by atoms with E-state index in [1.54, 1.807) is 18.2 Å². The summed E-state index contributed by atoms with van der Waals surface area (Å²) < 4.78 is 1.47. The molecule has 0 bridgehead atoms. The van der Waals surface area contributed by atoms with Crippen molar-refractivity contribution in [3.63, 3.8) is 0 Å². The minimum Gasteiger partial charge on any atom is -0.476 e. The number of rotatable bonds is 3. The fraction of sp³-hybridized carbons (Fsp3) is 0. The Morgan fingerprint density at radius 3 is 2.81 bits per heavy atom. The first kappa shape index (κ1) is 12.7. The van der Waals surface area contributed by atoms with Gasteiger partial charge < -0.3 is 9.51 Å². The highest BCUT2D eigenvalue weighted by Crippen LogP contribution is 2.29. The summed E-state index contributed by atoms with van der Waals surface area (Å²) in [5, 5.41) is 20.1. The Kier molecular flexibility index (Phi) is 2.83. The van der Waals surface area contributed by atoms with Crippen molar-refractivity contribution in [3.05, 3.63) is 58.7 Å². The SMILES string of the molecule is O=C(O)c1nccn2cc(-c3ccccc3[N+](=O)[O-])nc12. The first-order valence-electron chi connectivity index (χ1n) is 5.88. The number of hydrogen-bond acceptors (Lipinski definition) is 5. The van der Waals surface area contributed by atoms with Crippen molar-refractivity contribution >= 4 is 17.3 Å². The van der Waals surface area contributed by atoms with Crippen LogP contribution in [0.3, 0.4) is 0 Å². The lowest BCUT2D eigenvalue weighted by Crippen LogP contribution is -2.03. The van der Waals surface area contributed by atoms with Crippen molar-refractivity contribution < 1.29 is 14.8 Å². The van der Waals surface area contributed by atoms with E-state index in [0.29, 0.717) is 11.3 Å². The monoisotopic (exact) mass is 284 g/mol. The molecule has 0 fully saturated rings. The molecule has 8 heteroatoms. The molecule has 0 spiro atoms. The number of benzene rings is 1. The molecule has 2 aromatic heterocycles. The number of para-hydroxylation sites is 1. The van der Waals surface area contributed by atoms with Crippen LogP contribution in [0.15, 0.2) is 42.9 Å². The van der Waals surface area contributed by atoms with Gasteiger partial charge >= 0.3 is 5.97 Å². The third-order valence-corrected chi connectivity index (χ3v) is 2.95. The molecule has 104 valence electrons. The molecule has 8 nitrogen and oxygen atoms in total. The largest absolute Gasteiger partial charge is 0.476 e. The number of nitro benzene ring substituents is 1. The molecule has 3 rings (SSSR count). The van der Waals surface area contributed by atoms with Crippen molar-refractivity contribution in [1.29, 1.82) is 0 Å². The van der Waals surface area contributed by atoms with E-state index in [4.69, 9.17) is 5.11 Å². The second-order valence-corrected chi connectivity index (χ2v) is 4.21. The summed E-state index contributed by atoms with van der Waals surface area (Å²) in [7, 11) is 0. The van der Waals surface area contributed by atoms with Crippen molar-refractivity contribution in [2.45, 2.75) is 0 Å². The first-order chi connectivity index (χ1) is 10.1. The van der Waals surface area contributed by atoms with E-state index in [1.165, 1.54) is 29.1 Å². The smallest absolute Gasteiger partial charge is 0.358 e. The Morgan fingerprint density at radius 1 is 1.33 bits per heavy atom. The minimum atomic E-state index is -1.21. The van der Waals surface area contributed by atoms with E-state index in [-0.39, 0.29) is 17.0 Å². The van der Waals surface area contributed by atoms with E-state index >= 15 is 0 Å². The van der Waals surface area contributed by atoms with Crippen LogP contribution in [0.25, 0.3) is 16.9 Å². The predicted molar refractivity (Wildman–Crippen MR) is 72.0 cm³/mol. The third-order valence-electron chi connectivity index (χ3n) is 2.95. The molecule has 21 heavy (non-hydrogen) atoms. The molecule has 1 N–H and O–H groups in total. The van der Waals surface area contributed by atoms with Gasteiger partial charge in [-0.05, 0) is 6.07 Å². The van der Waals surface area contributed by atoms with Crippen LogP contribution in [0.4, 0.5) is 5.69 Å². The molecule has 0 unspecified atom stereocenters. The average molecular weight is 284 g/mol. The first-order valence-corrected chi connectivity index (χ1v) is 5.88. The number of nitrogens with zero attached hydrogens (tertiary/aromatic N) is 4. The average Bonchev–Trinajstić information content (AvgIpc) is 2.90. The van der Waals surface area contributed by atoms with Gasteiger partial charge in [-0.3, -0.25) is 10.1 Å². The lowest BCUT2D eigenvalue weighted by atomic mass is 10.1. The summed E-state index contributed by atoms with van der Waals surface area (Å²) in [5.74, 6) is -1.21. The van der Waals surface area contributed by atoms with Crippen LogP contribution in [0.5, 0.6) is 0 Å². The number of carbonyl (C=O) groups is 1. The fourth-order valence-electron chi connectivity index (χ4n) is 2.05. The quantitative estimate of drug-likeness (QED) is 0.581. The highest BCUT2D eigenvalue weighted by atomic mass is 16.6. The van der Waals surface area contributed by atoms with E-state index in [0.717, 1.165) is 0 Å². The molecule has 2 heterocycles. The highest BCUT2D eigenvalue weighted by molar-refractivity contribution is 5.92. The summed E-state index contributed by atoms with van der Waals surface area (Å²) in [6.45, 7) is 0. The molecule has 0 saturated heterocycles. The number of aromatic nitrogens is 3. The van der Waals surface area contributed by atoms with Crippen LogP contribution in [0, 0.1) is 10.1 Å². The molecular weight excluding hydrogens is 276 g/mol. The van der Waals surface area contributed by atoms with Gasteiger partial charge in [0.1, 0.15) is 0 Å². The molecule has 0 aliphatic rings. The van der Waals surface area contributed by atoms with Crippen LogP contribution >= 0.6 is 0 Å². The zero-order chi connectivity index (χ0) is 15.0. The minimum absolute atomic E-state index is 0.0919. The Labute approximate surface area is 117 Å². The highest BCUT2D eigenvalue weighted by Gasteiger charge is 2.19. The lowest BCUT2D eigenvalue weighted by Gasteiger charge is -1.97. The molecule has 0 radical (unpaired) electrons. The van der Waals surface area contributed by atoms with Crippen molar-refractivity contribution in [1.82, 2.24) is 14.4 Å². The van der Waals surface area contributed by atoms with E-state index in [9.17, 15) is 14.9 Å². The van der Waals surface area contributed by atoms with Crippen LogP contribution in [-0.2, 0) is 0 Å². The Hall–Kier alpha value is -3.29. The normalized spacial score (nSPS) is 10.7. The number of hydrogen-bond donors (Lipinski definition) is 1. The topological polar surface area (TPSA) is 111 Å². The molecule has 0 saturated carbocycles. The van der Waals surface area contributed by atoms with Crippen molar-refractivity contribution in [2.24, 2.45) is 0 Å². The van der Waals surface area contributed by atoms with Gasteiger partial charge in [-0.25, -0.2) is 14.8 Å². The van der Waals surface area contributed by atoms with Gasteiger partial charge in [0, 0.05) is 24.7 Å². The number of aromatic carboxylic acids is 1. The summed E-state index contributed by atoms with van der Waals surface area (Å²) >= 11 is 0. The molecule has 0 atom stereocenters. The third kappa shape index (κ3) is 2.08. The molecule has 0 amide bonds. The van der Waals surface area contributed by atoms with Gasteiger partial charge in [0.2, 0.25) is 0 Å². The van der Waals surface area contributed by atoms with E-state index in [2.05, 4.69) is 9.97 Å². The summed E-state index contributed by atoms with van der Waals surface area (Å²) in [5.41, 5.74) is 0.478. The van der Waals surface area contributed by atoms with E-state index < -0.39 is 10.9 Å². The molecule has 1 aromatic carbocycles. The van der Waals surface area contributed by atoms with Gasteiger partial charge in [-0.2, -0.15) is 0 Å². The van der Waals surface area contributed by atoms with Crippen LogP contribution in [0.2, 0.25) is 0 Å². The molecular formula is C13H8N4O4. The predicted octanol–water partition coefficient (Wildman–Crippen LogP) is 2.00. The number of carboxylic acid groups (broad SMARTS) is 1. The standard InChI is InChI=1S/C13H8N4O4/c18-13(19)11-12-15-9(7-16(12)6-5-14-11)8-3-1-2-4-10(8)17(20)21/h1-7H,(H,18,19). The van der Waals surface area contributed by atoms with E-state index in [1.807, 2.05) is 0 Å². The van der Waals surface area contributed by atoms with Crippen LogP contribution < -0.4 is 0 Å².